The zero-order valence-corrected chi connectivity index (χ0v) is 13.3. The Morgan fingerprint density at radius 1 is 1.52 bits per heavy atom. The minimum absolute atomic E-state index is 0.333. The van der Waals surface area contributed by atoms with Crippen LogP contribution in [0.1, 0.15) is 13.2 Å². The molecule has 0 bridgehead atoms. The quantitative estimate of drug-likeness (QED) is 0.501. The molecule has 2 aromatic heterocycles. The first-order valence-corrected chi connectivity index (χ1v) is 7.39. The molecule has 114 valence electrons. The second-order valence-corrected chi connectivity index (χ2v) is 6.38. The molecule has 0 spiro atoms. The van der Waals surface area contributed by atoms with Crippen molar-refractivity contribution in [2.24, 2.45) is 0 Å². The van der Waals surface area contributed by atoms with Gasteiger partial charge in [-0.05, 0) is 29.5 Å². The molecule has 8 nitrogen and oxygen atoms in total. The number of ether oxygens (including phenoxy) is 1. The number of aliphatic hydroxyl groups is 3. The van der Waals surface area contributed by atoms with Gasteiger partial charge in [0.25, 0.3) is 0 Å². The van der Waals surface area contributed by atoms with Gasteiger partial charge in [-0.2, -0.15) is 0 Å². The van der Waals surface area contributed by atoms with Crippen molar-refractivity contribution in [3.63, 3.8) is 0 Å². The Hall–Kier alpha value is -1.01. The second kappa shape index (κ2) is 5.02. The molecule has 21 heavy (non-hydrogen) atoms. The van der Waals surface area contributed by atoms with Gasteiger partial charge in [-0.3, -0.25) is 0 Å². The summed E-state index contributed by atoms with van der Waals surface area (Å²) >= 11 is 2.09. The van der Waals surface area contributed by atoms with Crippen LogP contribution in [0.15, 0.2) is 12.5 Å². The Labute approximate surface area is 133 Å². The van der Waals surface area contributed by atoms with Gasteiger partial charge >= 0.3 is 0 Å². The lowest BCUT2D eigenvalue weighted by atomic mass is 9.96. The third kappa shape index (κ3) is 2.11. The second-order valence-electron chi connectivity index (χ2n) is 5.22. The molecule has 1 aliphatic rings. The van der Waals surface area contributed by atoms with Crippen LogP contribution >= 0.6 is 22.6 Å². The van der Waals surface area contributed by atoms with Gasteiger partial charge in [0, 0.05) is 9.77 Å². The van der Waals surface area contributed by atoms with Crippen molar-refractivity contribution in [3.8, 4) is 0 Å². The minimum Gasteiger partial charge on any atom is -0.394 e. The number of aromatic nitrogens is 3. The van der Waals surface area contributed by atoms with Crippen molar-refractivity contribution in [1.82, 2.24) is 14.5 Å². The van der Waals surface area contributed by atoms with Crippen molar-refractivity contribution in [2.45, 2.75) is 31.0 Å². The van der Waals surface area contributed by atoms with Crippen LogP contribution in [0, 0.1) is 3.57 Å². The first kappa shape index (κ1) is 14.9. The van der Waals surface area contributed by atoms with E-state index in [1.165, 1.54) is 13.3 Å². The third-order valence-corrected chi connectivity index (χ3v) is 4.60. The first-order chi connectivity index (χ1) is 9.87. The topological polar surface area (TPSA) is 127 Å². The van der Waals surface area contributed by atoms with Crippen LogP contribution in [0.25, 0.3) is 11.0 Å². The molecule has 1 fully saturated rings. The van der Waals surface area contributed by atoms with Gasteiger partial charge in [0.05, 0.1) is 12.0 Å². The van der Waals surface area contributed by atoms with E-state index >= 15 is 0 Å². The van der Waals surface area contributed by atoms with Gasteiger partial charge in [-0.15, -0.1) is 0 Å². The molecule has 0 saturated carbocycles. The maximum absolute atomic E-state index is 10.5. The normalized spacial score (nSPS) is 32.9. The number of aliphatic hydroxyl groups excluding tert-OH is 2. The lowest BCUT2D eigenvalue weighted by Gasteiger charge is -2.27. The monoisotopic (exact) mass is 406 g/mol. The number of nitrogens with two attached hydrogens (primary N) is 1. The number of nitrogens with zero attached hydrogens (tertiary/aromatic N) is 3. The molecule has 4 atom stereocenters. The predicted molar refractivity (Wildman–Crippen MR) is 82.3 cm³/mol. The molecule has 2 aromatic rings. The van der Waals surface area contributed by atoms with Crippen LogP contribution in [0.2, 0.25) is 0 Å². The number of anilines is 1. The van der Waals surface area contributed by atoms with Crippen LogP contribution in [-0.4, -0.2) is 54.3 Å². The van der Waals surface area contributed by atoms with E-state index in [0.717, 1.165) is 3.57 Å². The van der Waals surface area contributed by atoms with Crippen LogP contribution in [-0.2, 0) is 4.74 Å². The van der Waals surface area contributed by atoms with Crippen molar-refractivity contribution in [3.05, 3.63) is 16.1 Å². The fourth-order valence-electron chi connectivity index (χ4n) is 2.63. The molecule has 1 aliphatic heterocycles. The summed E-state index contributed by atoms with van der Waals surface area (Å²) in [6.07, 6.45) is 0.0986. The summed E-state index contributed by atoms with van der Waals surface area (Å²) in [5.41, 5.74) is 4.79. The van der Waals surface area contributed by atoms with Crippen LogP contribution in [0.4, 0.5) is 5.82 Å². The maximum Gasteiger partial charge on any atom is 0.167 e. The molecule has 1 unspecified atom stereocenters. The highest BCUT2D eigenvalue weighted by Gasteiger charge is 2.53. The number of hydrogen-bond donors (Lipinski definition) is 4. The molecule has 3 rings (SSSR count). The predicted octanol–water partition coefficient (Wildman–Crippen LogP) is -0.380. The summed E-state index contributed by atoms with van der Waals surface area (Å²) in [6, 6.07) is 0. The van der Waals surface area contributed by atoms with E-state index in [4.69, 9.17) is 10.5 Å². The zero-order valence-electron chi connectivity index (χ0n) is 11.1. The SMILES string of the molecule is C[C@@]1(O)C(O)[C@@H](CO)O[C@H]1n1cc(I)c2c(N)ncnc21. The van der Waals surface area contributed by atoms with Gasteiger partial charge < -0.3 is 30.4 Å². The van der Waals surface area contributed by atoms with E-state index in [1.54, 1.807) is 10.8 Å². The van der Waals surface area contributed by atoms with E-state index in [-0.39, 0.29) is 6.61 Å². The van der Waals surface area contributed by atoms with E-state index < -0.39 is 24.0 Å². The van der Waals surface area contributed by atoms with E-state index in [9.17, 15) is 15.3 Å². The molecule has 0 amide bonds. The van der Waals surface area contributed by atoms with Crippen LogP contribution in [0.5, 0.6) is 0 Å². The smallest absolute Gasteiger partial charge is 0.167 e. The Bertz CT molecular complexity index is 689. The molecular weight excluding hydrogens is 391 g/mol. The lowest BCUT2D eigenvalue weighted by Crippen LogP contribution is -2.44. The van der Waals surface area contributed by atoms with Crippen molar-refractivity contribution in [2.75, 3.05) is 12.3 Å². The number of nitrogen functional groups attached to an aromatic ring is 1. The van der Waals surface area contributed by atoms with E-state index in [2.05, 4.69) is 32.6 Å². The summed E-state index contributed by atoms with van der Waals surface area (Å²) in [7, 11) is 0. The Morgan fingerprint density at radius 2 is 2.24 bits per heavy atom. The number of hydrogen-bond acceptors (Lipinski definition) is 7. The van der Waals surface area contributed by atoms with Gasteiger partial charge in [0.15, 0.2) is 6.23 Å². The Morgan fingerprint density at radius 3 is 2.86 bits per heavy atom. The number of fused-ring (bicyclic) bond motifs is 1. The number of rotatable bonds is 2. The van der Waals surface area contributed by atoms with Crippen LogP contribution in [0.3, 0.4) is 0 Å². The van der Waals surface area contributed by atoms with Gasteiger partial charge in [0.1, 0.15) is 35.6 Å². The molecule has 5 N–H and O–H groups in total. The van der Waals surface area contributed by atoms with Gasteiger partial charge in [0.2, 0.25) is 0 Å². The molecule has 1 saturated heterocycles. The van der Waals surface area contributed by atoms with Gasteiger partial charge in [-0.25, -0.2) is 9.97 Å². The van der Waals surface area contributed by atoms with Crippen molar-refractivity contribution < 1.29 is 20.1 Å². The largest absolute Gasteiger partial charge is 0.394 e. The average molecular weight is 406 g/mol. The van der Waals surface area contributed by atoms with E-state index in [0.29, 0.717) is 16.9 Å². The fraction of sp³-hybridized carbons (Fsp3) is 0.500. The third-order valence-electron chi connectivity index (χ3n) is 3.78. The maximum atomic E-state index is 10.5. The lowest BCUT2D eigenvalue weighted by molar-refractivity contribution is -0.0948. The Kier molecular flexibility index (Phi) is 3.56. The highest BCUT2D eigenvalue weighted by Crippen LogP contribution is 2.40. The zero-order chi connectivity index (χ0) is 15.4. The summed E-state index contributed by atoms with van der Waals surface area (Å²) in [4.78, 5) is 8.13. The number of halogens is 1. The molecule has 0 aromatic carbocycles. The average Bonchev–Trinajstić information content (AvgIpc) is 2.87. The molecule has 3 heterocycles. The van der Waals surface area contributed by atoms with Crippen LogP contribution < -0.4 is 5.73 Å². The highest BCUT2D eigenvalue weighted by molar-refractivity contribution is 14.1. The summed E-state index contributed by atoms with van der Waals surface area (Å²) < 4.78 is 8.01. The van der Waals surface area contributed by atoms with Crippen molar-refractivity contribution in [1.29, 1.82) is 0 Å². The van der Waals surface area contributed by atoms with E-state index in [1.807, 2.05) is 0 Å². The molecule has 0 radical (unpaired) electrons. The summed E-state index contributed by atoms with van der Waals surface area (Å²) in [5.74, 6) is 0.333. The fourth-order valence-corrected chi connectivity index (χ4v) is 3.45. The first-order valence-electron chi connectivity index (χ1n) is 6.31. The van der Waals surface area contributed by atoms with Gasteiger partial charge in [-0.1, -0.05) is 0 Å². The standard InChI is InChI=1S/C12H15IN4O4/c1-12(20)8(19)6(3-18)21-11(12)17-2-5(13)7-9(14)15-4-16-10(7)17/h2,4,6,8,11,18-20H,3H2,1H3,(H2,14,15,16)/t6-,8?,11-,12-/m1/s1. The molecular formula is C12H15IN4O4. The highest BCUT2D eigenvalue weighted by atomic mass is 127. The summed E-state index contributed by atoms with van der Waals surface area (Å²) in [6.45, 7) is 1.07. The molecule has 9 heteroatoms. The molecule has 0 aliphatic carbocycles. The summed E-state index contributed by atoms with van der Waals surface area (Å²) in [5, 5.41) is 30.5. The Balaban J connectivity index is 2.15. The minimum atomic E-state index is -1.57. The van der Waals surface area contributed by atoms with Crippen molar-refractivity contribution >= 4 is 39.4 Å².